The van der Waals surface area contributed by atoms with E-state index in [0.29, 0.717) is 10.9 Å². The summed E-state index contributed by atoms with van der Waals surface area (Å²) in [5.41, 5.74) is 5.54. The van der Waals surface area contributed by atoms with Gasteiger partial charge in [0.1, 0.15) is 0 Å². The monoisotopic (exact) mass is 229 g/mol. The molecule has 0 aliphatic heterocycles. The summed E-state index contributed by atoms with van der Waals surface area (Å²) >= 11 is 1.33. The van der Waals surface area contributed by atoms with Gasteiger partial charge in [-0.05, 0) is 6.26 Å². The molecule has 1 aromatic rings. The Hall–Kier alpha value is -1.50. The molecule has 0 aliphatic carbocycles. The van der Waals surface area contributed by atoms with Gasteiger partial charge in [-0.2, -0.15) is 0 Å². The summed E-state index contributed by atoms with van der Waals surface area (Å²) in [7, 11) is 1.25. The van der Waals surface area contributed by atoms with E-state index in [9.17, 15) is 9.59 Å². The molecule has 7 heteroatoms. The maximum absolute atomic E-state index is 11.3. The van der Waals surface area contributed by atoms with Crippen molar-refractivity contribution in [3.63, 3.8) is 0 Å². The molecule has 1 heterocycles. The number of nitrogens with one attached hydrogen (secondary N) is 1. The number of thioether (sulfide) groups is 1. The molecule has 1 rings (SSSR count). The molecule has 0 aromatic carbocycles. The zero-order valence-electron chi connectivity index (χ0n) is 8.36. The Labute approximate surface area is 90.6 Å². The fraction of sp³-hybridized carbons (Fsp3) is 0.375. The minimum atomic E-state index is -0.581. The molecule has 1 amide bonds. The molecule has 0 saturated heterocycles. The van der Waals surface area contributed by atoms with Crippen LogP contribution in [-0.4, -0.2) is 35.2 Å². The molecule has 0 aliphatic rings. The third-order valence-electron chi connectivity index (χ3n) is 1.68. The smallest absolute Gasteiger partial charge is 0.358 e. The lowest BCUT2D eigenvalue weighted by molar-refractivity contribution is -0.117. The van der Waals surface area contributed by atoms with Crippen LogP contribution >= 0.6 is 11.8 Å². The number of nitrogens with zero attached hydrogens (tertiary/aromatic N) is 1. The molecule has 0 bridgehead atoms. The first-order chi connectivity index (χ1) is 7.08. The molecule has 15 heavy (non-hydrogen) atoms. The van der Waals surface area contributed by atoms with Crippen molar-refractivity contribution >= 4 is 23.6 Å². The van der Waals surface area contributed by atoms with Gasteiger partial charge in [-0.1, -0.05) is 11.8 Å². The van der Waals surface area contributed by atoms with E-state index in [-0.39, 0.29) is 12.1 Å². The number of amides is 1. The molecule has 1 aromatic heterocycles. The van der Waals surface area contributed by atoms with Crippen molar-refractivity contribution in [3.05, 3.63) is 11.4 Å². The Morgan fingerprint density at radius 1 is 1.60 bits per heavy atom. The average Bonchev–Trinajstić information content (AvgIpc) is 2.59. The zero-order valence-corrected chi connectivity index (χ0v) is 9.18. The van der Waals surface area contributed by atoms with E-state index in [4.69, 9.17) is 5.73 Å². The van der Waals surface area contributed by atoms with Crippen molar-refractivity contribution in [1.82, 2.24) is 9.97 Å². The highest BCUT2D eigenvalue weighted by molar-refractivity contribution is 7.98. The van der Waals surface area contributed by atoms with Crippen molar-refractivity contribution in [2.24, 2.45) is 5.73 Å². The third kappa shape index (κ3) is 2.72. The molecule has 0 atom stereocenters. The molecule has 82 valence electrons. The van der Waals surface area contributed by atoms with Gasteiger partial charge < -0.3 is 15.5 Å². The summed E-state index contributed by atoms with van der Waals surface area (Å²) in [6.07, 6.45) is 1.74. The normalized spacial score (nSPS) is 10.0. The van der Waals surface area contributed by atoms with Gasteiger partial charge in [-0.25, -0.2) is 9.78 Å². The zero-order chi connectivity index (χ0) is 11.4. The van der Waals surface area contributed by atoms with Crippen LogP contribution in [0.3, 0.4) is 0 Å². The Kier molecular flexibility index (Phi) is 3.73. The fourth-order valence-corrected chi connectivity index (χ4v) is 1.46. The van der Waals surface area contributed by atoms with Gasteiger partial charge in [0.05, 0.1) is 19.2 Å². The van der Waals surface area contributed by atoms with E-state index in [1.54, 1.807) is 6.26 Å². The summed E-state index contributed by atoms with van der Waals surface area (Å²) in [5.74, 6) is -1.11. The van der Waals surface area contributed by atoms with Crippen LogP contribution in [0.25, 0.3) is 0 Å². The first-order valence-electron chi connectivity index (χ1n) is 4.08. The summed E-state index contributed by atoms with van der Waals surface area (Å²) in [6, 6.07) is 0. The van der Waals surface area contributed by atoms with Crippen LogP contribution in [0.4, 0.5) is 0 Å². The van der Waals surface area contributed by atoms with Crippen LogP contribution in [-0.2, 0) is 16.0 Å². The van der Waals surface area contributed by atoms with Crippen molar-refractivity contribution < 1.29 is 14.3 Å². The second-order valence-corrected chi connectivity index (χ2v) is 3.50. The summed E-state index contributed by atoms with van der Waals surface area (Å²) < 4.78 is 4.53. The lowest BCUT2D eigenvalue weighted by Crippen LogP contribution is -2.16. The number of methoxy groups -OCH3 is 1. The van der Waals surface area contributed by atoms with Crippen molar-refractivity contribution in [2.45, 2.75) is 11.6 Å². The fourth-order valence-electron chi connectivity index (χ4n) is 1.05. The minimum Gasteiger partial charge on any atom is -0.464 e. The topological polar surface area (TPSA) is 98.1 Å². The quantitative estimate of drug-likeness (QED) is 0.557. The van der Waals surface area contributed by atoms with Crippen molar-refractivity contribution in [3.8, 4) is 0 Å². The molecular formula is C8H11N3O3S. The van der Waals surface area contributed by atoms with Crippen LogP contribution in [0.1, 0.15) is 16.2 Å². The van der Waals surface area contributed by atoms with Gasteiger partial charge in [-0.15, -0.1) is 0 Å². The van der Waals surface area contributed by atoms with E-state index in [0.717, 1.165) is 0 Å². The maximum Gasteiger partial charge on any atom is 0.358 e. The number of aromatic nitrogens is 2. The summed E-state index contributed by atoms with van der Waals surface area (Å²) in [5, 5.41) is 0.548. The van der Waals surface area contributed by atoms with E-state index in [1.165, 1.54) is 18.9 Å². The number of esters is 1. The van der Waals surface area contributed by atoms with Crippen LogP contribution in [0.5, 0.6) is 0 Å². The second-order valence-electron chi connectivity index (χ2n) is 2.71. The van der Waals surface area contributed by atoms with Gasteiger partial charge in [0.2, 0.25) is 5.91 Å². The molecule has 0 unspecified atom stereocenters. The van der Waals surface area contributed by atoms with Crippen LogP contribution in [0, 0.1) is 0 Å². The van der Waals surface area contributed by atoms with E-state index in [2.05, 4.69) is 14.7 Å². The highest BCUT2D eigenvalue weighted by Gasteiger charge is 2.18. The van der Waals surface area contributed by atoms with E-state index in [1.807, 2.05) is 0 Å². The molecule has 6 nitrogen and oxygen atoms in total. The number of hydrogen-bond acceptors (Lipinski definition) is 5. The van der Waals surface area contributed by atoms with Gasteiger partial charge in [0.25, 0.3) is 0 Å². The van der Waals surface area contributed by atoms with Crippen LogP contribution in [0.15, 0.2) is 5.16 Å². The number of imidazole rings is 1. The number of aromatic amines is 1. The predicted molar refractivity (Wildman–Crippen MR) is 54.6 cm³/mol. The van der Waals surface area contributed by atoms with E-state index >= 15 is 0 Å². The Bertz CT molecular complexity index is 388. The molecule has 0 saturated carbocycles. The maximum atomic E-state index is 11.3. The molecule has 0 spiro atoms. The number of H-pyrrole nitrogens is 1. The number of ether oxygens (including phenoxy) is 1. The number of carbonyl (C=O) groups is 2. The number of nitrogens with two attached hydrogens (primary N) is 1. The number of carbonyl (C=O) groups excluding carboxylic acids is 2. The number of hydrogen-bond donors (Lipinski definition) is 2. The van der Waals surface area contributed by atoms with Crippen LogP contribution < -0.4 is 5.73 Å². The van der Waals surface area contributed by atoms with Crippen LogP contribution in [0.2, 0.25) is 0 Å². The Morgan fingerprint density at radius 3 is 2.73 bits per heavy atom. The number of primary amides is 1. The lowest BCUT2D eigenvalue weighted by atomic mass is 10.2. The van der Waals surface area contributed by atoms with Gasteiger partial charge in [0.15, 0.2) is 10.9 Å². The molecule has 0 radical (unpaired) electrons. The van der Waals surface area contributed by atoms with Gasteiger partial charge in [0, 0.05) is 0 Å². The largest absolute Gasteiger partial charge is 0.464 e. The average molecular weight is 229 g/mol. The minimum absolute atomic E-state index is 0.0575. The van der Waals surface area contributed by atoms with Crippen molar-refractivity contribution in [1.29, 1.82) is 0 Å². The van der Waals surface area contributed by atoms with Gasteiger partial charge >= 0.3 is 5.97 Å². The highest BCUT2D eigenvalue weighted by atomic mass is 32.2. The van der Waals surface area contributed by atoms with Crippen molar-refractivity contribution in [2.75, 3.05) is 13.4 Å². The lowest BCUT2D eigenvalue weighted by Gasteiger charge is -1.97. The van der Waals surface area contributed by atoms with Gasteiger partial charge in [-0.3, -0.25) is 4.79 Å². The SMILES string of the molecule is COC(=O)c1nc(SC)[nH]c1CC(N)=O. The highest BCUT2D eigenvalue weighted by Crippen LogP contribution is 2.15. The molecule has 3 N–H and O–H groups in total. The second kappa shape index (κ2) is 4.83. The molecule has 0 fully saturated rings. The summed E-state index contributed by atoms with van der Waals surface area (Å²) in [6.45, 7) is 0. The first-order valence-corrected chi connectivity index (χ1v) is 5.30. The standard InChI is InChI=1S/C8H11N3O3S/c1-14-7(13)6-4(3-5(9)12)10-8(11-6)15-2/h3H2,1-2H3,(H2,9,12)(H,10,11). The van der Waals surface area contributed by atoms with E-state index < -0.39 is 11.9 Å². The number of rotatable bonds is 4. The first kappa shape index (κ1) is 11.6. The predicted octanol–water partition coefficient (Wildman–Crippen LogP) is -0.0540. The molecular weight excluding hydrogens is 218 g/mol. The third-order valence-corrected chi connectivity index (χ3v) is 2.26. The Balaban J connectivity index is 3.05. The summed E-state index contributed by atoms with van der Waals surface area (Å²) in [4.78, 5) is 28.8. The Morgan fingerprint density at radius 2 is 2.27 bits per heavy atom.